The number of nitrogens with one attached hydrogen (secondary N) is 1. The van der Waals surface area contributed by atoms with Gasteiger partial charge in [-0.1, -0.05) is 11.6 Å². The van der Waals surface area contributed by atoms with Gasteiger partial charge >= 0.3 is 0 Å². The highest BCUT2D eigenvalue weighted by atomic mass is 35.5. The van der Waals surface area contributed by atoms with Gasteiger partial charge in [-0.05, 0) is 18.2 Å². The van der Waals surface area contributed by atoms with Crippen LogP contribution in [-0.2, 0) is 7.05 Å². The molecule has 0 fully saturated rings. The number of nitrogen functional groups attached to an aromatic ring is 1. The van der Waals surface area contributed by atoms with Crippen molar-refractivity contribution in [1.29, 1.82) is 0 Å². The third-order valence-corrected chi connectivity index (χ3v) is 3.11. The van der Waals surface area contributed by atoms with Crippen molar-refractivity contribution in [2.75, 3.05) is 5.43 Å². The number of aromatic nitrogens is 3. The smallest absolute Gasteiger partial charge is 0.168 e. The lowest BCUT2D eigenvalue weighted by Crippen LogP contribution is -2.10. The lowest BCUT2D eigenvalue weighted by atomic mass is 10.2. The van der Waals surface area contributed by atoms with Crippen LogP contribution in [0.15, 0.2) is 24.5 Å². The minimum Gasteiger partial charge on any atom is -0.339 e. The lowest BCUT2D eigenvalue weighted by Gasteiger charge is -2.02. The summed E-state index contributed by atoms with van der Waals surface area (Å²) >= 11 is 6.00. The largest absolute Gasteiger partial charge is 0.339 e. The van der Waals surface area contributed by atoms with Crippen molar-refractivity contribution < 1.29 is 0 Å². The number of nitrogens with two attached hydrogens (primary N) is 1. The van der Waals surface area contributed by atoms with Crippen LogP contribution in [0.3, 0.4) is 0 Å². The Bertz CT molecular complexity index is 719. The lowest BCUT2D eigenvalue weighted by molar-refractivity contribution is 1.00. The van der Waals surface area contributed by atoms with Gasteiger partial charge in [0.05, 0.1) is 5.52 Å². The molecule has 17 heavy (non-hydrogen) atoms. The average molecular weight is 248 g/mol. The molecule has 2 aromatic heterocycles. The van der Waals surface area contributed by atoms with Gasteiger partial charge in [-0.25, -0.2) is 15.8 Å². The van der Waals surface area contributed by atoms with Gasteiger partial charge < -0.3 is 9.99 Å². The summed E-state index contributed by atoms with van der Waals surface area (Å²) in [6, 6.07) is 5.70. The van der Waals surface area contributed by atoms with E-state index in [0.717, 1.165) is 21.9 Å². The van der Waals surface area contributed by atoms with E-state index < -0.39 is 0 Å². The van der Waals surface area contributed by atoms with Crippen molar-refractivity contribution in [2.45, 2.75) is 0 Å². The topological polar surface area (TPSA) is 68.8 Å². The summed E-state index contributed by atoms with van der Waals surface area (Å²) in [6.45, 7) is 0. The maximum Gasteiger partial charge on any atom is 0.168 e. The fraction of sp³-hybridized carbons (Fsp3) is 0.0909. The van der Waals surface area contributed by atoms with Crippen LogP contribution in [0.25, 0.3) is 21.9 Å². The Morgan fingerprint density at radius 1 is 1.35 bits per heavy atom. The minimum atomic E-state index is 0.602. The molecule has 0 amide bonds. The van der Waals surface area contributed by atoms with E-state index in [-0.39, 0.29) is 0 Å². The van der Waals surface area contributed by atoms with Crippen molar-refractivity contribution in [3.8, 4) is 0 Å². The number of fused-ring (bicyclic) bond motifs is 3. The van der Waals surface area contributed by atoms with Crippen LogP contribution in [0.2, 0.25) is 5.02 Å². The van der Waals surface area contributed by atoms with Crippen molar-refractivity contribution in [3.05, 3.63) is 29.5 Å². The Kier molecular flexibility index (Phi) is 2.17. The molecule has 0 saturated heterocycles. The van der Waals surface area contributed by atoms with Gasteiger partial charge in [0.2, 0.25) is 0 Å². The Labute approximate surface area is 102 Å². The van der Waals surface area contributed by atoms with E-state index in [0.29, 0.717) is 10.8 Å². The highest BCUT2D eigenvalue weighted by Crippen LogP contribution is 2.31. The second-order valence-corrected chi connectivity index (χ2v) is 4.22. The van der Waals surface area contributed by atoms with Gasteiger partial charge in [-0.3, -0.25) is 0 Å². The summed E-state index contributed by atoms with van der Waals surface area (Å²) in [5.74, 6) is 6.06. The summed E-state index contributed by atoms with van der Waals surface area (Å²) in [5, 5.41) is 1.73. The summed E-state index contributed by atoms with van der Waals surface area (Å²) in [7, 11) is 1.94. The summed E-state index contributed by atoms with van der Waals surface area (Å²) in [4.78, 5) is 8.40. The van der Waals surface area contributed by atoms with Crippen molar-refractivity contribution >= 4 is 39.4 Å². The summed E-state index contributed by atoms with van der Waals surface area (Å²) in [5.41, 5.74) is 5.32. The molecule has 0 aliphatic carbocycles. The number of anilines is 1. The minimum absolute atomic E-state index is 0.602. The molecule has 0 bridgehead atoms. The molecule has 3 rings (SSSR count). The molecule has 6 heteroatoms. The van der Waals surface area contributed by atoms with Crippen molar-refractivity contribution in [3.63, 3.8) is 0 Å². The van der Waals surface area contributed by atoms with Crippen LogP contribution in [0.4, 0.5) is 5.82 Å². The molecular weight excluding hydrogens is 238 g/mol. The van der Waals surface area contributed by atoms with E-state index >= 15 is 0 Å². The SMILES string of the molecule is Cn1c2cc(Cl)ccc2c2ncnc(NN)c21. The number of hydrazine groups is 1. The van der Waals surface area contributed by atoms with Gasteiger partial charge in [0.1, 0.15) is 17.4 Å². The number of hydrogen-bond acceptors (Lipinski definition) is 4. The first-order valence-corrected chi connectivity index (χ1v) is 5.45. The molecule has 86 valence electrons. The standard InChI is InChI=1S/C11H10ClN5/c1-17-8-4-6(12)2-3-7(8)9-10(17)11(16-13)15-5-14-9/h2-5H,13H2,1H3,(H,14,15,16). The molecule has 0 spiro atoms. The maximum atomic E-state index is 6.00. The second kappa shape index (κ2) is 3.58. The normalized spacial score (nSPS) is 11.2. The van der Waals surface area contributed by atoms with E-state index in [1.807, 2.05) is 29.8 Å². The van der Waals surface area contributed by atoms with E-state index in [1.54, 1.807) is 0 Å². The van der Waals surface area contributed by atoms with E-state index in [9.17, 15) is 0 Å². The van der Waals surface area contributed by atoms with Crippen LogP contribution >= 0.6 is 11.6 Å². The number of hydrogen-bond donors (Lipinski definition) is 2. The summed E-state index contributed by atoms with van der Waals surface area (Å²) in [6.07, 6.45) is 1.49. The fourth-order valence-electron chi connectivity index (χ4n) is 2.10. The second-order valence-electron chi connectivity index (χ2n) is 3.78. The number of halogens is 1. The number of benzene rings is 1. The van der Waals surface area contributed by atoms with Crippen LogP contribution in [0.5, 0.6) is 0 Å². The highest BCUT2D eigenvalue weighted by Gasteiger charge is 2.13. The molecule has 0 saturated carbocycles. The molecule has 0 aliphatic heterocycles. The zero-order valence-electron chi connectivity index (χ0n) is 9.11. The van der Waals surface area contributed by atoms with Crippen LogP contribution in [-0.4, -0.2) is 14.5 Å². The van der Waals surface area contributed by atoms with Gasteiger partial charge in [0.15, 0.2) is 5.82 Å². The predicted molar refractivity (Wildman–Crippen MR) is 68.8 cm³/mol. The van der Waals surface area contributed by atoms with Crippen molar-refractivity contribution in [2.24, 2.45) is 12.9 Å². The zero-order valence-corrected chi connectivity index (χ0v) is 9.86. The summed E-state index contributed by atoms with van der Waals surface area (Å²) < 4.78 is 1.98. The first-order chi connectivity index (χ1) is 8.22. The van der Waals surface area contributed by atoms with Crippen LogP contribution < -0.4 is 11.3 Å². The van der Waals surface area contributed by atoms with E-state index in [1.165, 1.54) is 6.33 Å². The van der Waals surface area contributed by atoms with Crippen LogP contribution in [0, 0.1) is 0 Å². The molecule has 1 aromatic carbocycles. The Morgan fingerprint density at radius 3 is 2.94 bits per heavy atom. The maximum absolute atomic E-state index is 6.00. The molecule has 3 N–H and O–H groups in total. The molecule has 0 aliphatic rings. The predicted octanol–water partition coefficient (Wildman–Crippen LogP) is 2.06. The molecule has 5 nitrogen and oxygen atoms in total. The molecule has 3 aromatic rings. The third-order valence-electron chi connectivity index (χ3n) is 2.87. The van der Waals surface area contributed by atoms with Crippen LogP contribution in [0.1, 0.15) is 0 Å². The van der Waals surface area contributed by atoms with Gasteiger partial charge in [-0.2, -0.15) is 0 Å². The molecular formula is C11H10ClN5. The number of aryl methyl sites for hydroxylation is 1. The number of rotatable bonds is 1. The first kappa shape index (κ1) is 10.3. The quantitative estimate of drug-likeness (QED) is 0.510. The Hall–Kier alpha value is -1.85. The zero-order chi connectivity index (χ0) is 12.0. The van der Waals surface area contributed by atoms with Gasteiger partial charge in [0, 0.05) is 17.5 Å². The molecule has 0 radical (unpaired) electrons. The monoisotopic (exact) mass is 247 g/mol. The molecule has 0 atom stereocenters. The van der Waals surface area contributed by atoms with Crippen molar-refractivity contribution in [1.82, 2.24) is 14.5 Å². The van der Waals surface area contributed by atoms with Gasteiger partial charge in [0.25, 0.3) is 0 Å². The highest BCUT2D eigenvalue weighted by molar-refractivity contribution is 6.31. The van der Waals surface area contributed by atoms with Gasteiger partial charge in [-0.15, -0.1) is 0 Å². The average Bonchev–Trinajstić information content (AvgIpc) is 2.63. The fourth-order valence-corrected chi connectivity index (χ4v) is 2.27. The number of nitrogens with zero attached hydrogens (tertiary/aromatic N) is 3. The molecule has 2 heterocycles. The Balaban J connectivity index is 2.58. The molecule has 0 unspecified atom stereocenters. The Morgan fingerprint density at radius 2 is 2.18 bits per heavy atom. The first-order valence-electron chi connectivity index (χ1n) is 5.07. The van der Waals surface area contributed by atoms with E-state index in [2.05, 4.69) is 15.4 Å². The third kappa shape index (κ3) is 1.36. The van der Waals surface area contributed by atoms with E-state index in [4.69, 9.17) is 17.4 Å².